The molecule has 16 heavy (non-hydrogen) atoms. The maximum absolute atomic E-state index is 9.83. The van der Waals surface area contributed by atoms with Gasteiger partial charge in [0.15, 0.2) is 0 Å². The molecule has 0 aromatic carbocycles. The minimum atomic E-state index is -0.496. The van der Waals surface area contributed by atoms with Crippen LogP contribution in [0.4, 0.5) is 0 Å². The van der Waals surface area contributed by atoms with Gasteiger partial charge in [0, 0.05) is 31.4 Å². The van der Waals surface area contributed by atoms with E-state index in [9.17, 15) is 5.11 Å². The molecule has 1 saturated heterocycles. The average Bonchev–Trinajstić information content (AvgIpc) is 2.81. The van der Waals surface area contributed by atoms with Crippen molar-refractivity contribution in [3.05, 3.63) is 16.1 Å². The van der Waals surface area contributed by atoms with Gasteiger partial charge in [-0.25, -0.2) is 4.98 Å². The van der Waals surface area contributed by atoms with Crippen molar-refractivity contribution in [3.63, 3.8) is 0 Å². The quantitative estimate of drug-likeness (QED) is 0.840. The molecule has 0 spiro atoms. The van der Waals surface area contributed by atoms with Crippen LogP contribution >= 0.6 is 22.9 Å². The van der Waals surface area contributed by atoms with E-state index in [0.29, 0.717) is 5.88 Å². The number of halogens is 1. The lowest BCUT2D eigenvalue weighted by Gasteiger charge is -2.18. The summed E-state index contributed by atoms with van der Waals surface area (Å²) in [7, 11) is 0. The van der Waals surface area contributed by atoms with Crippen LogP contribution in [-0.2, 0) is 12.3 Å². The SMILES string of the molecule is CC1(O)CCN(CCc2nc(CCl)cs2)C1. The second kappa shape index (κ2) is 5.00. The van der Waals surface area contributed by atoms with Gasteiger partial charge >= 0.3 is 0 Å². The Kier molecular flexibility index (Phi) is 3.85. The molecule has 1 N–H and O–H groups in total. The van der Waals surface area contributed by atoms with E-state index in [-0.39, 0.29) is 0 Å². The fourth-order valence-corrected chi connectivity index (χ4v) is 3.02. The minimum absolute atomic E-state index is 0.495. The summed E-state index contributed by atoms with van der Waals surface area (Å²) in [6, 6.07) is 0. The maximum atomic E-state index is 9.83. The van der Waals surface area contributed by atoms with E-state index in [1.54, 1.807) is 11.3 Å². The Hall–Kier alpha value is -0.160. The first-order chi connectivity index (χ1) is 7.59. The van der Waals surface area contributed by atoms with E-state index >= 15 is 0 Å². The lowest BCUT2D eigenvalue weighted by Crippen LogP contribution is -2.30. The van der Waals surface area contributed by atoms with E-state index in [2.05, 4.69) is 9.88 Å². The van der Waals surface area contributed by atoms with Crippen molar-refractivity contribution in [2.45, 2.75) is 31.2 Å². The summed E-state index contributed by atoms with van der Waals surface area (Å²) < 4.78 is 0. The largest absolute Gasteiger partial charge is 0.389 e. The summed E-state index contributed by atoms with van der Waals surface area (Å²) in [6.07, 6.45) is 1.83. The van der Waals surface area contributed by atoms with E-state index in [0.717, 1.165) is 43.2 Å². The van der Waals surface area contributed by atoms with Gasteiger partial charge in [-0.1, -0.05) is 0 Å². The molecule has 0 aliphatic carbocycles. The van der Waals surface area contributed by atoms with Crippen LogP contribution in [0, 0.1) is 0 Å². The lowest BCUT2D eigenvalue weighted by molar-refractivity contribution is 0.0689. The van der Waals surface area contributed by atoms with Crippen molar-refractivity contribution in [2.75, 3.05) is 19.6 Å². The van der Waals surface area contributed by atoms with E-state index in [4.69, 9.17) is 11.6 Å². The summed E-state index contributed by atoms with van der Waals surface area (Å²) >= 11 is 7.38. The third kappa shape index (κ3) is 3.17. The molecule has 1 atom stereocenters. The molecule has 1 aliphatic heterocycles. The Morgan fingerprint density at radius 2 is 2.50 bits per heavy atom. The van der Waals surface area contributed by atoms with Crippen molar-refractivity contribution in [1.82, 2.24) is 9.88 Å². The van der Waals surface area contributed by atoms with Crippen LogP contribution in [0.3, 0.4) is 0 Å². The van der Waals surface area contributed by atoms with Gasteiger partial charge in [-0.2, -0.15) is 0 Å². The zero-order valence-corrected chi connectivity index (χ0v) is 11.0. The highest BCUT2D eigenvalue weighted by atomic mass is 35.5. The van der Waals surface area contributed by atoms with Crippen molar-refractivity contribution in [2.24, 2.45) is 0 Å². The number of thiazole rings is 1. The van der Waals surface area contributed by atoms with Crippen LogP contribution in [0.25, 0.3) is 0 Å². The Balaban J connectivity index is 1.80. The molecule has 0 radical (unpaired) electrons. The van der Waals surface area contributed by atoms with E-state index in [1.807, 2.05) is 12.3 Å². The second-order valence-electron chi connectivity index (χ2n) is 4.64. The molecule has 1 aromatic heterocycles. The van der Waals surface area contributed by atoms with E-state index in [1.165, 1.54) is 0 Å². The molecule has 0 bridgehead atoms. The van der Waals surface area contributed by atoms with Crippen LogP contribution in [-0.4, -0.2) is 40.2 Å². The summed E-state index contributed by atoms with van der Waals surface area (Å²) in [6.45, 7) is 4.65. The molecule has 1 fully saturated rings. The Morgan fingerprint density at radius 3 is 3.06 bits per heavy atom. The highest BCUT2D eigenvalue weighted by molar-refractivity contribution is 7.09. The molecule has 1 aliphatic rings. The van der Waals surface area contributed by atoms with Crippen LogP contribution in [0.2, 0.25) is 0 Å². The standard InChI is InChI=1S/C11H17ClN2OS/c1-11(15)3-5-14(8-11)4-2-10-13-9(6-12)7-16-10/h7,15H,2-6,8H2,1H3. The number of hydrogen-bond donors (Lipinski definition) is 1. The third-order valence-electron chi connectivity index (χ3n) is 2.91. The van der Waals surface area contributed by atoms with Gasteiger partial charge in [0.1, 0.15) is 0 Å². The number of nitrogens with zero attached hydrogens (tertiary/aromatic N) is 2. The number of aromatic nitrogens is 1. The fraction of sp³-hybridized carbons (Fsp3) is 0.727. The molecule has 90 valence electrons. The van der Waals surface area contributed by atoms with Gasteiger partial charge in [-0.15, -0.1) is 22.9 Å². The van der Waals surface area contributed by atoms with Crippen molar-refractivity contribution >= 4 is 22.9 Å². The molecule has 2 rings (SSSR count). The maximum Gasteiger partial charge on any atom is 0.0941 e. The van der Waals surface area contributed by atoms with E-state index < -0.39 is 5.60 Å². The highest BCUT2D eigenvalue weighted by Crippen LogP contribution is 2.21. The zero-order valence-electron chi connectivity index (χ0n) is 9.45. The summed E-state index contributed by atoms with van der Waals surface area (Å²) in [4.78, 5) is 6.72. The molecule has 5 heteroatoms. The van der Waals surface area contributed by atoms with Gasteiger partial charge in [0.2, 0.25) is 0 Å². The first kappa shape index (κ1) is 12.3. The number of hydrogen-bond acceptors (Lipinski definition) is 4. The van der Waals surface area contributed by atoms with Crippen LogP contribution < -0.4 is 0 Å². The monoisotopic (exact) mass is 260 g/mol. The van der Waals surface area contributed by atoms with Gasteiger partial charge in [-0.3, -0.25) is 4.90 Å². The predicted molar refractivity (Wildman–Crippen MR) is 67.1 cm³/mol. The lowest BCUT2D eigenvalue weighted by atomic mass is 10.1. The van der Waals surface area contributed by atoms with Gasteiger partial charge in [0.05, 0.1) is 22.2 Å². The second-order valence-corrected chi connectivity index (χ2v) is 5.85. The number of rotatable bonds is 4. The number of aliphatic hydroxyl groups is 1. The molecule has 1 unspecified atom stereocenters. The normalized spacial score (nSPS) is 26.4. The topological polar surface area (TPSA) is 36.4 Å². The van der Waals surface area contributed by atoms with Gasteiger partial charge in [-0.05, 0) is 13.3 Å². The van der Waals surface area contributed by atoms with Gasteiger partial charge < -0.3 is 5.11 Å². The molecule has 0 saturated carbocycles. The number of likely N-dealkylation sites (tertiary alicyclic amines) is 1. The Labute approximate surface area is 105 Å². The molecule has 3 nitrogen and oxygen atoms in total. The van der Waals surface area contributed by atoms with Crippen LogP contribution in [0.5, 0.6) is 0 Å². The minimum Gasteiger partial charge on any atom is -0.389 e. The van der Waals surface area contributed by atoms with Gasteiger partial charge in [0.25, 0.3) is 0 Å². The predicted octanol–water partition coefficient (Wildman–Crippen LogP) is 1.88. The highest BCUT2D eigenvalue weighted by Gasteiger charge is 2.30. The first-order valence-corrected chi connectivity index (χ1v) is 6.94. The Bertz CT molecular complexity index is 354. The Morgan fingerprint density at radius 1 is 1.69 bits per heavy atom. The first-order valence-electron chi connectivity index (χ1n) is 5.53. The molecule has 0 amide bonds. The number of alkyl halides is 1. The van der Waals surface area contributed by atoms with Crippen molar-refractivity contribution in [3.8, 4) is 0 Å². The molecule has 2 heterocycles. The van der Waals surface area contributed by atoms with Crippen LogP contribution in [0.1, 0.15) is 24.0 Å². The molecular weight excluding hydrogens is 244 g/mol. The third-order valence-corrected chi connectivity index (χ3v) is 4.14. The molecule has 1 aromatic rings. The van der Waals surface area contributed by atoms with Crippen molar-refractivity contribution in [1.29, 1.82) is 0 Å². The smallest absolute Gasteiger partial charge is 0.0941 e. The fourth-order valence-electron chi connectivity index (χ4n) is 2.01. The summed E-state index contributed by atoms with van der Waals surface area (Å²) in [5.41, 5.74) is 0.472. The summed E-state index contributed by atoms with van der Waals surface area (Å²) in [5.74, 6) is 0.495. The summed E-state index contributed by atoms with van der Waals surface area (Å²) in [5, 5.41) is 13.0. The molecular formula is C11H17ClN2OS. The average molecular weight is 261 g/mol. The zero-order chi connectivity index (χ0) is 11.6. The number of β-amino-alcohol motifs (C(OH)–C–C–N with tert-alkyl or cyclic N) is 1. The van der Waals surface area contributed by atoms with Crippen LogP contribution in [0.15, 0.2) is 5.38 Å². The van der Waals surface area contributed by atoms with Crippen molar-refractivity contribution < 1.29 is 5.11 Å².